The second-order valence-corrected chi connectivity index (χ2v) is 4.54. The van der Waals surface area contributed by atoms with E-state index < -0.39 is 5.82 Å². The van der Waals surface area contributed by atoms with Crippen molar-refractivity contribution in [3.05, 3.63) is 65.2 Å². The first-order valence-corrected chi connectivity index (χ1v) is 6.24. The van der Waals surface area contributed by atoms with E-state index in [-0.39, 0.29) is 11.5 Å². The van der Waals surface area contributed by atoms with Crippen molar-refractivity contribution in [1.82, 2.24) is 9.88 Å². The standard InChI is InChI=1S/C15H16FN3O/c1-19(10-12-4-2-3-11(7-12)8-17)15(20)13-5-6-18-9-14(13)16/h2-7,9H,8,10,17H2,1H3. The Morgan fingerprint density at radius 1 is 1.35 bits per heavy atom. The molecule has 5 heteroatoms. The third-order valence-corrected chi connectivity index (χ3v) is 3.00. The summed E-state index contributed by atoms with van der Waals surface area (Å²) >= 11 is 0. The van der Waals surface area contributed by atoms with E-state index in [0.29, 0.717) is 13.1 Å². The van der Waals surface area contributed by atoms with E-state index in [1.807, 2.05) is 24.3 Å². The maximum Gasteiger partial charge on any atom is 0.256 e. The van der Waals surface area contributed by atoms with Crippen LogP contribution in [0.1, 0.15) is 21.5 Å². The molecular weight excluding hydrogens is 257 g/mol. The average molecular weight is 273 g/mol. The van der Waals surface area contributed by atoms with Gasteiger partial charge in [-0.3, -0.25) is 9.78 Å². The highest BCUT2D eigenvalue weighted by Crippen LogP contribution is 2.12. The molecule has 4 nitrogen and oxygen atoms in total. The Labute approximate surface area is 117 Å². The van der Waals surface area contributed by atoms with Crippen LogP contribution in [-0.2, 0) is 13.1 Å². The zero-order valence-corrected chi connectivity index (χ0v) is 11.2. The van der Waals surface area contributed by atoms with Crippen LogP contribution in [-0.4, -0.2) is 22.8 Å². The van der Waals surface area contributed by atoms with Crippen LogP contribution in [0.25, 0.3) is 0 Å². The second kappa shape index (κ2) is 6.25. The topological polar surface area (TPSA) is 59.2 Å². The predicted octanol–water partition coefficient (Wildman–Crippen LogP) is 1.95. The Kier molecular flexibility index (Phi) is 4.42. The van der Waals surface area contributed by atoms with Gasteiger partial charge in [-0.2, -0.15) is 0 Å². The highest BCUT2D eigenvalue weighted by atomic mass is 19.1. The molecule has 0 saturated carbocycles. The number of carbonyl (C=O) groups is 1. The third kappa shape index (κ3) is 3.19. The quantitative estimate of drug-likeness (QED) is 0.926. The van der Waals surface area contributed by atoms with Crippen LogP contribution in [0.4, 0.5) is 4.39 Å². The fourth-order valence-electron chi connectivity index (χ4n) is 1.95. The number of halogens is 1. The highest BCUT2D eigenvalue weighted by molar-refractivity contribution is 5.94. The lowest BCUT2D eigenvalue weighted by atomic mass is 10.1. The Balaban J connectivity index is 2.13. The summed E-state index contributed by atoms with van der Waals surface area (Å²) in [6, 6.07) is 9.04. The van der Waals surface area contributed by atoms with E-state index in [2.05, 4.69) is 4.98 Å². The zero-order chi connectivity index (χ0) is 14.5. The average Bonchev–Trinajstić information content (AvgIpc) is 2.47. The van der Waals surface area contributed by atoms with Gasteiger partial charge in [0.1, 0.15) is 0 Å². The van der Waals surface area contributed by atoms with Gasteiger partial charge in [-0.25, -0.2) is 4.39 Å². The maximum atomic E-state index is 13.5. The van der Waals surface area contributed by atoms with Crippen LogP contribution in [0.3, 0.4) is 0 Å². The molecule has 104 valence electrons. The SMILES string of the molecule is CN(Cc1cccc(CN)c1)C(=O)c1ccncc1F. The first-order valence-electron chi connectivity index (χ1n) is 6.24. The van der Waals surface area contributed by atoms with Crippen LogP contribution in [0, 0.1) is 5.82 Å². The molecule has 0 aliphatic rings. The molecule has 1 aromatic carbocycles. The van der Waals surface area contributed by atoms with Crippen LogP contribution >= 0.6 is 0 Å². The van der Waals surface area contributed by atoms with Gasteiger partial charge in [-0.15, -0.1) is 0 Å². The van der Waals surface area contributed by atoms with Crippen LogP contribution in [0.2, 0.25) is 0 Å². The van der Waals surface area contributed by atoms with E-state index in [1.165, 1.54) is 17.2 Å². The molecule has 1 aromatic heterocycles. The van der Waals surface area contributed by atoms with Crippen molar-refractivity contribution in [2.45, 2.75) is 13.1 Å². The first-order chi connectivity index (χ1) is 9.61. The number of pyridine rings is 1. The largest absolute Gasteiger partial charge is 0.337 e. The molecule has 0 unspecified atom stereocenters. The molecule has 0 aliphatic heterocycles. The van der Waals surface area contributed by atoms with Crippen molar-refractivity contribution in [1.29, 1.82) is 0 Å². The normalized spacial score (nSPS) is 10.3. The van der Waals surface area contributed by atoms with E-state index >= 15 is 0 Å². The van der Waals surface area contributed by atoms with Crippen molar-refractivity contribution in [2.75, 3.05) is 7.05 Å². The molecule has 0 radical (unpaired) electrons. The summed E-state index contributed by atoms with van der Waals surface area (Å²) in [7, 11) is 1.64. The van der Waals surface area contributed by atoms with Gasteiger partial charge in [0.15, 0.2) is 5.82 Å². The van der Waals surface area contributed by atoms with Crippen LogP contribution in [0.15, 0.2) is 42.7 Å². The van der Waals surface area contributed by atoms with Crippen molar-refractivity contribution < 1.29 is 9.18 Å². The van der Waals surface area contributed by atoms with Crippen molar-refractivity contribution >= 4 is 5.91 Å². The van der Waals surface area contributed by atoms with E-state index in [0.717, 1.165) is 17.3 Å². The van der Waals surface area contributed by atoms with Crippen LogP contribution < -0.4 is 5.73 Å². The van der Waals surface area contributed by atoms with Gasteiger partial charge >= 0.3 is 0 Å². The summed E-state index contributed by atoms with van der Waals surface area (Å²) in [5.74, 6) is -0.983. The van der Waals surface area contributed by atoms with Crippen molar-refractivity contribution in [2.24, 2.45) is 5.73 Å². The summed E-state index contributed by atoms with van der Waals surface area (Å²) in [6.07, 6.45) is 2.44. The van der Waals surface area contributed by atoms with Crippen molar-refractivity contribution in [3.8, 4) is 0 Å². The zero-order valence-electron chi connectivity index (χ0n) is 11.2. The molecule has 2 N–H and O–H groups in total. The van der Waals surface area contributed by atoms with Gasteiger partial charge in [-0.1, -0.05) is 24.3 Å². The molecule has 0 saturated heterocycles. The fraction of sp³-hybridized carbons (Fsp3) is 0.200. The van der Waals surface area contributed by atoms with Gasteiger partial charge in [0.25, 0.3) is 5.91 Å². The summed E-state index contributed by atoms with van der Waals surface area (Å²) in [6.45, 7) is 0.846. The molecular formula is C15H16FN3O. The fourth-order valence-corrected chi connectivity index (χ4v) is 1.95. The van der Waals surface area contributed by atoms with Crippen molar-refractivity contribution in [3.63, 3.8) is 0 Å². The first kappa shape index (κ1) is 14.1. The summed E-state index contributed by atoms with van der Waals surface area (Å²) in [5, 5.41) is 0. The predicted molar refractivity (Wildman–Crippen MR) is 74.3 cm³/mol. The molecule has 20 heavy (non-hydrogen) atoms. The minimum atomic E-state index is -0.611. The lowest BCUT2D eigenvalue weighted by molar-refractivity contribution is 0.0780. The molecule has 2 aromatic rings. The van der Waals surface area contributed by atoms with Gasteiger partial charge in [0, 0.05) is 26.3 Å². The highest BCUT2D eigenvalue weighted by Gasteiger charge is 2.16. The molecule has 2 rings (SSSR count). The third-order valence-electron chi connectivity index (χ3n) is 3.00. The second-order valence-electron chi connectivity index (χ2n) is 4.54. The number of amides is 1. The minimum absolute atomic E-state index is 0.0254. The minimum Gasteiger partial charge on any atom is -0.337 e. The summed E-state index contributed by atoms with van der Waals surface area (Å²) in [5.41, 5.74) is 7.56. The number of aromatic nitrogens is 1. The summed E-state index contributed by atoms with van der Waals surface area (Å²) in [4.78, 5) is 17.3. The Bertz CT molecular complexity index is 616. The molecule has 1 amide bonds. The molecule has 0 spiro atoms. The number of carbonyl (C=O) groups excluding carboxylic acids is 1. The van der Waals surface area contributed by atoms with E-state index in [1.54, 1.807) is 7.05 Å². The van der Waals surface area contributed by atoms with Gasteiger partial charge < -0.3 is 10.6 Å². The Hall–Kier alpha value is -2.27. The maximum absolute atomic E-state index is 13.5. The van der Waals surface area contributed by atoms with Gasteiger partial charge in [-0.05, 0) is 17.2 Å². The van der Waals surface area contributed by atoms with E-state index in [9.17, 15) is 9.18 Å². The molecule has 0 bridgehead atoms. The number of nitrogens with two attached hydrogens (primary N) is 1. The smallest absolute Gasteiger partial charge is 0.256 e. The molecule has 0 atom stereocenters. The number of hydrogen-bond acceptors (Lipinski definition) is 3. The van der Waals surface area contributed by atoms with Crippen LogP contribution in [0.5, 0.6) is 0 Å². The number of rotatable bonds is 4. The Morgan fingerprint density at radius 3 is 2.80 bits per heavy atom. The van der Waals surface area contributed by atoms with E-state index in [4.69, 9.17) is 5.73 Å². The number of hydrogen-bond donors (Lipinski definition) is 1. The molecule has 0 fully saturated rings. The molecule has 0 aliphatic carbocycles. The number of nitrogens with zero attached hydrogens (tertiary/aromatic N) is 2. The van der Waals surface area contributed by atoms with Gasteiger partial charge in [0.05, 0.1) is 11.8 Å². The lowest BCUT2D eigenvalue weighted by Gasteiger charge is -2.18. The summed E-state index contributed by atoms with van der Waals surface area (Å²) < 4.78 is 13.5. The Morgan fingerprint density at radius 2 is 2.10 bits per heavy atom. The lowest BCUT2D eigenvalue weighted by Crippen LogP contribution is -2.27. The number of benzene rings is 1. The van der Waals surface area contributed by atoms with Gasteiger partial charge in [0.2, 0.25) is 0 Å². The molecule has 1 heterocycles. The monoisotopic (exact) mass is 273 g/mol.